The van der Waals surface area contributed by atoms with Crippen LogP contribution < -0.4 is 10.6 Å². The van der Waals surface area contributed by atoms with E-state index in [4.69, 9.17) is 0 Å². The second-order valence-electron chi connectivity index (χ2n) is 6.56. The van der Waals surface area contributed by atoms with E-state index in [0.29, 0.717) is 24.9 Å². The number of hydrogen-bond donors (Lipinski definition) is 3. The smallest absolute Gasteiger partial charge is 0.233 e. The van der Waals surface area contributed by atoms with E-state index in [-0.39, 0.29) is 5.91 Å². The SMILES string of the molecule is CC(C)CCNC(=O)CNCC1(O)CCCC(C)C1. The van der Waals surface area contributed by atoms with Gasteiger partial charge in [0.25, 0.3) is 0 Å². The molecule has 4 heteroatoms. The molecule has 112 valence electrons. The topological polar surface area (TPSA) is 61.4 Å². The van der Waals surface area contributed by atoms with E-state index in [2.05, 4.69) is 31.4 Å². The van der Waals surface area contributed by atoms with Crippen LogP contribution in [-0.2, 0) is 4.79 Å². The van der Waals surface area contributed by atoms with Gasteiger partial charge >= 0.3 is 0 Å². The van der Waals surface area contributed by atoms with Crippen molar-refractivity contribution in [3.05, 3.63) is 0 Å². The number of rotatable bonds is 7. The van der Waals surface area contributed by atoms with Crippen molar-refractivity contribution in [2.45, 2.75) is 58.5 Å². The molecule has 0 aromatic carbocycles. The van der Waals surface area contributed by atoms with E-state index in [1.807, 2.05) is 0 Å². The van der Waals surface area contributed by atoms with E-state index >= 15 is 0 Å². The Balaban J connectivity index is 2.13. The van der Waals surface area contributed by atoms with Crippen molar-refractivity contribution in [3.8, 4) is 0 Å². The van der Waals surface area contributed by atoms with Crippen LogP contribution in [0.2, 0.25) is 0 Å². The van der Waals surface area contributed by atoms with Gasteiger partial charge in [-0.15, -0.1) is 0 Å². The first-order chi connectivity index (χ1) is 8.91. The molecule has 0 spiro atoms. The van der Waals surface area contributed by atoms with Crippen LogP contribution in [0, 0.1) is 11.8 Å². The quantitative estimate of drug-likeness (QED) is 0.659. The molecule has 1 amide bonds. The van der Waals surface area contributed by atoms with Crippen molar-refractivity contribution in [3.63, 3.8) is 0 Å². The lowest BCUT2D eigenvalue weighted by Gasteiger charge is -2.35. The molecule has 4 nitrogen and oxygen atoms in total. The maximum absolute atomic E-state index is 11.6. The highest BCUT2D eigenvalue weighted by Gasteiger charge is 2.32. The second kappa shape index (κ2) is 7.85. The van der Waals surface area contributed by atoms with E-state index in [9.17, 15) is 9.90 Å². The molecule has 1 fully saturated rings. The minimum absolute atomic E-state index is 0.0214. The molecular weight excluding hydrogens is 240 g/mol. The molecule has 1 aliphatic carbocycles. The van der Waals surface area contributed by atoms with Gasteiger partial charge in [-0.2, -0.15) is 0 Å². The first-order valence-electron chi connectivity index (χ1n) is 7.61. The van der Waals surface area contributed by atoms with Crippen molar-refractivity contribution in [1.82, 2.24) is 10.6 Å². The van der Waals surface area contributed by atoms with Gasteiger partial charge in [0.2, 0.25) is 5.91 Å². The minimum atomic E-state index is -0.615. The number of aliphatic hydroxyl groups is 1. The van der Waals surface area contributed by atoms with Gasteiger partial charge in [0.15, 0.2) is 0 Å². The molecule has 19 heavy (non-hydrogen) atoms. The Kier molecular flexibility index (Phi) is 6.80. The number of carbonyl (C=O) groups is 1. The van der Waals surface area contributed by atoms with Crippen LogP contribution in [0.1, 0.15) is 52.9 Å². The van der Waals surface area contributed by atoms with Gasteiger partial charge in [-0.05, 0) is 31.1 Å². The zero-order valence-electron chi connectivity index (χ0n) is 12.7. The molecule has 1 saturated carbocycles. The second-order valence-corrected chi connectivity index (χ2v) is 6.56. The summed E-state index contributed by atoms with van der Waals surface area (Å²) in [6, 6.07) is 0. The van der Waals surface area contributed by atoms with E-state index in [1.165, 1.54) is 6.42 Å². The first-order valence-corrected chi connectivity index (χ1v) is 7.61. The van der Waals surface area contributed by atoms with Gasteiger partial charge in [-0.3, -0.25) is 4.79 Å². The van der Waals surface area contributed by atoms with Gasteiger partial charge in [-0.25, -0.2) is 0 Å². The predicted molar refractivity (Wildman–Crippen MR) is 77.9 cm³/mol. The Morgan fingerprint density at radius 1 is 1.47 bits per heavy atom. The maximum atomic E-state index is 11.6. The molecular formula is C15H30N2O2. The third kappa shape index (κ3) is 6.92. The highest BCUT2D eigenvalue weighted by atomic mass is 16.3. The lowest BCUT2D eigenvalue weighted by Crippen LogP contribution is -2.46. The number of carbonyl (C=O) groups excluding carboxylic acids is 1. The Bertz CT molecular complexity index is 281. The Morgan fingerprint density at radius 2 is 2.21 bits per heavy atom. The molecule has 3 N–H and O–H groups in total. The summed E-state index contributed by atoms with van der Waals surface area (Å²) in [6.45, 7) is 8.03. The number of nitrogens with one attached hydrogen (secondary N) is 2. The van der Waals surface area contributed by atoms with Crippen LogP contribution in [0.15, 0.2) is 0 Å². The molecule has 0 aromatic rings. The van der Waals surface area contributed by atoms with E-state index in [0.717, 1.165) is 32.2 Å². The van der Waals surface area contributed by atoms with E-state index in [1.54, 1.807) is 0 Å². The Morgan fingerprint density at radius 3 is 2.84 bits per heavy atom. The summed E-state index contributed by atoms with van der Waals surface area (Å²) >= 11 is 0. The molecule has 0 radical (unpaired) electrons. The van der Waals surface area contributed by atoms with E-state index < -0.39 is 5.60 Å². The molecule has 2 atom stereocenters. The van der Waals surface area contributed by atoms with Crippen LogP contribution in [0.4, 0.5) is 0 Å². The van der Waals surface area contributed by atoms with Crippen molar-refractivity contribution >= 4 is 5.91 Å². The Hall–Kier alpha value is -0.610. The normalized spacial score (nSPS) is 27.5. The summed E-state index contributed by atoms with van der Waals surface area (Å²) in [5, 5.41) is 16.4. The third-order valence-corrected chi connectivity index (χ3v) is 3.85. The van der Waals surface area contributed by atoms with Gasteiger partial charge in [0.05, 0.1) is 12.1 Å². The number of amides is 1. The summed E-state index contributed by atoms with van der Waals surface area (Å²) in [4.78, 5) is 11.6. The van der Waals surface area contributed by atoms with Crippen LogP contribution in [0.5, 0.6) is 0 Å². The van der Waals surface area contributed by atoms with Crippen LogP contribution in [0.25, 0.3) is 0 Å². The average molecular weight is 270 g/mol. The minimum Gasteiger partial charge on any atom is -0.389 e. The van der Waals surface area contributed by atoms with Crippen molar-refractivity contribution in [1.29, 1.82) is 0 Å². The molecule has 0 aromatic heterocycles. The maximum Gasteiger partial charge on any atom is 0.233 e. The van der Waals surface area contributed by atoms with Crippen LogP contribution in [0.3, 0.4) is 0 Å². The number of hydrogen-bond acceptors (Lipinski definition) is 3. The van der Waals surface area contributed by atoms with Crippen LogP contribution in [-0.4, -0.2) is 36.2 Å². The van der Waals surface area contributed by atoms with Crippen molar-refractivity contribution in [2.75, 3.05) is 19.6 Å². The van der Waals surface area contributed by atoms with Gasteiger partial charge < -0.3 is 15.7 Å². The fourth-order valence-electron chi connectivity index (χ4n) is 2.76. The molecule has 0 heterocycles. The van der Waals surface area contributed by atoms with Crippen LogP contribution >= 0.6 is 0 Å². The lowest BCUT2D eigenvalue weighted by molar-refractivity contribution is -0.120. The summed E-state index contributed by atoms with van der Waals surface area (Å²) in [7, 11) is 0. The highest BCUT2D eigenvalue weighted by molar-refractivity contribution is 5.77. The third-order valence-electron chi connectivity index (χ3n) is 3.85. The Labute approximate surface area is 117 Å². The molecule has 2 unspecified atom stereocenters. The largest absolute Gasteiger partial charge is 0.389 e. The monoisotopic (exact) mass is 270 g/mol. The standard InChI is InChI=1S/C15H30N2O2/c1-12(2)6-8-17-14(18)10-16-11-15(19)7-4-5-13(3)9-15/h12-13,16,19H,4-11H2,1-3H3,(H,17,18). The predicted octanol–water partition coefficient (Wildman–Crippen LogP) is 1.68. The summed E-state index contributed by atoms with van der Waals surface area (Å²) in [5.41, 5.74) is -0.615. The molecule has 0 saturated heterocycles. The molecule has 0 bridgehead atoms. The summed E-state index contributed by atoms with van der Waals surface area (Å²) < 4.78 is 0. The lowest BCUT2D eigenvalue weighted by atomic mass is 9.79. The average Bonchev–Trinajstić information content (AvgIpc) is 2.27. The molecule has 1 rings (SSSR count). The summed E-state index contributed by atoms with van der Waals surface area (Å²) in [5.74, 6) is 1.21. The fourth-order valence-corrected chi connectivity index (χ4v) is 2.76. The van der Waals surface area contributed by atoms with Gasteiger partial charge in [0, 0.05) is 13.1 Å². The molecule has 0 aliphatic heterocycles. The van der Waals surface area contributed by atoms with Gasteiger partial charge in [-0.1, -0.05) is 33.6 Å². The zero-order valence-corrected chi connectivity index (χ0v) is 12.7. The van der Waals surface area contributed by atoms with Gasteiger partial charge in [0.1, 0.15) is 0 Å². The first kappa shape index (κ1) is 16.4. The fraction of sp³-hybridized carbons (Fsp3) is 0.933. The van der Waals surface area contributed by atoms with Crippen molar-refractivity contribution < 1.29 is 9.90 Å². The molecule has 1 aliphatic rings. The highest BCUT2D eigenvalue weighted by Crippen LogP contribution is 2.31. The zero-order chi connectivity index (χ0) is 14.3. The summed E-state index contributed by atoms with van der Waals surface area (Å²) in [6.07, 6.45) is 4.99. The van der Waals surface area contributed by atoms with Crippen molar-refractivity contribution in [2.24, 2.45) is 11.8 Å².